The highest BCUT2D eigenvalue weighted by Crippen LogP contribution is 2.26. The van der Waals surface area contributed by atoms with Crippen molar-refractivity contribution in [1.82, 2.24) is 35.1 Å². The van der Waals surface area contributed by atoms with Gasteiger partial charge in [-0.1, -0.05) is 12.0 Å². The lowest BCUT2D eigenvalue weighted by molar-refractivity contribution is -0.108. The summed E-state index contributed by atoms with van der Waals surface area (Å²) in [5.74, 6) is 6.30. The summed E-state index contributed by atoms with van der Waals surface area (Å²) < 4.78 is 7.12. The third-order valence-electron chi connectivity index (χ3n) is 5.37. The van der Waals surface area contributed by atoms with Gasteiger partial charge in [0, 0.05) is 18.2 Å². The van der Waals surface area contributed by atoms with Gasteiger partial charge in [0.15, 0.2) is 5.65 Å². The number of hydrogen-bond acceptors (Lipinski definition) is 7. The van der Waals surface area contributed by atoms with Crippen molar-refractivity contribution in [2.24, 2.45) is 0 Å². The Morgan fingerprint density at radius 2 is 2.12 bits per heavy atom. The molecule has 0 spiro atoms. The molecule has 174 valence electrons. The van der Waals surface area contributed by atoms with Crippen LogP contribution in [0.4, 0.5) is 4.79 Å². The lowest BCUT2D eigenvalue weighted by Crippen LogP contribution is -2.46. The molecule has 4 rings (SSSR count). The number of imide groups is 1. The van der Waals surface area contributed by atoms with Crippen LogP contribution >= 0.6 is 0 Å². The third kappa shape index (κ3) is 4.52. The van der Waals surface area contributed by atoms with Crippen LogP contribution in [0.3, 0.4) is 0 Å². The maximum atomic E-state index is 12.9. The SMILES string of the molecule is COc1ccc2c(c1)C(=O)N(C[C@@H](C#Cc1ncnc3c1ncn3C(C)C)NC(=O)NC=O)C2. The van der Waals surface area contributed by atoms with Crippen LogP contribution in [0.5, 0.6) is 5.75 Å². The van der Waals surface area contributed by atoms with E-state index in [1.165, 1.54) is 13.4 Å². The van der Waals surface area contributed by atoms with Crippen LogP contribution in [0.2, 0.25) is 0 Å². The van der Waals surface area contributed by atoms with Gasteiger partial charge in [0.05, 0.1) is 20.0 Å². The number of nitrogens with one attached hydrogen (secondary N) is 2. The summed E-state index contributed by atoms with van der Waals surface area (Å²) in [6.45, 7) is 4.50. The Hall–Kier alpha value is -4.46. The molecule has 1 aliphatic rings. The molecule has 0 fully saturated rings. The van der Waals surface area contributed by atoms with Crippen LogP contribution in [0, 0.1) is 11.8 Å². The van der Waals surface area contributed by atoms with Crippen LogP contribution in [0.1, 0.15) is 41.5 Å². The average Bonchev–Trinajstić information content (AvgIpc) is 3.39. The Kier molecular flexibility index (Phi) is 6.40. The van der Waals surface area contributed by atoms with Crippen molar-refractivity contribution in [2.75, 3.05) is 13.7 Å². The lowest BCUT2D eigenvalue weighted by Gasteiger charge is -2.20. The number of carbonyl (C=O) groups is 3. The molecule has 1 atom stereocenters. The second-order valence-electron chi connectivity index (χ2n) is 7.91. The van der Waals surface area contributed by atoms with Gasteiger partial charge < -0.3 is 19.5 Å². The maximum absolute atomic E-state index is 12.9. The quantitative estimate of drug-likeness (QED) is 0.417. The normalized spacial score (nSPS) is 13.3. The van der Waals surface area contributed by atoms with Gasteiger partial charge in [-0.2, -0.15) is 0 Å². The Bertz CT molecular complexity index is 1320. The molecule has 0 aliphatic carbocycles. The van der Waals surface area contributed by atoms with E-state index in [1.807, 2.05) is 29.8 Å². The van der Waals surface area contributed by atoms with Crippen molar-refractivity contribution < 1.29 is 19.1 Å². The monoisotopic (exact) mass is 461 g/mol. The first kappa shape index (κ1) is 22.7. The largest absolute Gasteiger partial charge is 0.497 e. The minimum absolute atomic E-state index is 0.101. The van der Waals surface area contributed by atoms with Gasteiger partial charge in [0.2, 0.25) is 6.41 Å². The van der Waals surface area contributed by atoms with E-state index >= 15 is 0 Å². The molecule has 0 saturated heterocycles. The molecule has 0 bridgehead atoms. The van der Waals surface area contributed by atoms with Gasteiger partial charge >= 0.3 is 6.03 Å². The number of urea groups is 1. The zero-order valence-electron chi connectivity index (χ0n) is 18.9. The number of carbonyl (C=O) groups excluding carboxylic acids is 3. The first-order valence-electron chi connectivity index (χ1n) is 10.6. The second-order valence-corrected chi connectivity index (χ2v) is 7.91. The average molecular weight is 461 g/mol. The van der Waals surface area contributed by atoms with E-state index in [4.69, 9.17) is 4.74 Å². The first-order valence-corrected chi connectivity index (χ1v) is 10.6. The number of nitrogens with zero attached hydrogens (tertiary/aromatic N) is 5. The Labute approximate surface area is 195 Å². The van der Waals surface area contributed by atoms with Crippen molar-refractivity contribution in [3.63, 3.8) is 0 Å². The van der Waals surface area contributed by atoms with E-state index in [0.29, 0.717) is 34.7 Å². The summed E-state index contributed by atoms with van der Waals surface area (Å²) >= 11 is 0. The molecule has 0 radical (unpaired) electrons. The molecule has 2 N–H and O–H groups in total. The smallest absolute Gasteiger partial charge is 0.322 e. The third-order valence-corrected chi connectivity index (χ3v) is 5.37. The summed E-state index contributed by atoms with van der Waals surface area (Å²) in [5, 5.41) is 4.64. The number of hydrogen-bond donors (Lipinski definition) is 2. The fourth-order valence-corrected chi connectivity index (χ4v) is 3.69. The highest BCUT2D eigenvalue weighted by atomic mass is 16.5. The fourth-order valence-electron chi connectivity index (χ4n) is 3.69. The molecule has 2 aromatic heterocycles. The molecular formula is C23H23N7O4. The summed E-state index contributed by atoms with van der Waals surface area (Å²) in [6.07, 6.45) is 3.36. The molecule has 11 heteroatoms. The van der Waals surface area contributed by atoms with E-state index in [1.54, 1.807) is 23.4 Å². The molecule has 4 amide bonds. The summed E-state index contributed by atoms with van der Waals surface area (Å²) in [6, 6.07) is 3.97. The molecule has 3 aromatic rings. The molecule has 34 heavy (non-hydrogen) atoms. The van der Waals surface area contributed by atoms with E-state index in [0.717, 1.165) is 5.56 Å². The van der Waals surface area contributed by atoms with Gasteiger partial charge in [0.1, 0.15) is 29.3 Å². The number of benzene rings is 1. The standard InChI is InChI=1S/C23H23N7O4/c1-14(2)30-12-26-20-19(24-11-25-21(20)30)7-5-16(28-23(33)27-13-31)10-29-9-15-4-6-17(34-3)8-18(15)22(29)32/h4,6,8,11-14,16H,9-10H2,1-3H3,(H2,27,28,31,33)/t16-/m1/s1. The predicted molar refractivity (Wildman–Crippen MR) is 122 cm³/mol. The summed E-state index contributed by atoms with van der Waals surface area (Å²) in [5.41, 5.74) is 2.98. The fraction of sp³-hybridized carbons (Fsp3) is 0.304. The molecule has 0 saturated carbocycles. The molecule has 0 unspecified atom stereocenters. The summed E-state index contributed by atoms with van der Waals surface area (Å²) in [4.78, 5) is 50.1. The number of rotatable bonds is 6. The number of amides is 4. The number of aromatic nitrogens is 4. The summed E-state index contributed by atoms with van der Waals surface area (Å²) in [7, 11) is 1.54. The molecule has 3 heterocycles. The minimum atomic E-state index is -0.780. The van der Waals surface area contributed by atoms with Gasteiger partial charge in [-0.3, -0.25) is 14.9 Å². The van der Waals surface area contributed by atoms with Crippen molar-refractivity contribution in [3.8, 4) is 17.6 Å². The zero-order chi connectivity index (χ0) is 24.2. The topological polar surface area (TPSA) is 131 Å². The van der Waals surface area contributed by atoms with E-state index in [-0.39, 0.29) is 24.9 Å². The van der Waals surface area contributed by atoms with Crippen molar-refractivity contribution >= 4 is 29.5 Å². The number of ether oxygens (including phenoxy) is 1. The van der Waals surface area contributed by atoms with Gasteiger partial charge in [-0.05, 0) is 37.5 Å². The van der Waals surface area contributed by atoms with E-state index < -0.39 is 12.1 Å². The highest BCUT2D eigenvalue weighted by Gasteiger charge is 2.29. The lowest BCUT2D eigenvalue weighted by atomic mass is 10.1. The van der Waals surface area contributed by atoms with E-state index in [9.17, 15) is 14.4 Å². The maximum Gasteiger partial charge on any atom is 0.322 e. The first-order chi connectivity index (χ1) is 16.4. The van der Waals surface area contributed by atoms with Crippen LogP contribution in [0.15, 0.2) is 30.9 Å². The highest BCUT2D eigenvalue weighted by molar-refractivity contribution is 5.98. The Morgan fingerprint density at radius 3 is 2.85 bits per heavy atom. The second kappa shape index (κ2) is 9.58. The van der Waals surface area contributed by atoms with Crippen LogP contribution in [0.25, 0.3) is 11.2 Å². The molecule has 1 aromatic carbocycles. The van der Waals surface area contributed by atoms with Crippen LogP contribution in [-0.2, 0) is 11.3 Å². The zero-order valence-corrected chi connectivity index (χ0v) is 18.9. The Morgan fingerprint density at radius 1 is 1.29 bits per heavy atom. The number of fused-ring (bicyclic) bond motifs is 2. The van der Waals surface area contributed by atoms with Crippen molar-refractivity contribution in [3.05, 3.63) is 47.7 Å². The molecule has 11 nitrogen and oxygen atoms in total. The predicted octanol–water partition coefficient (Wildman–Crippen LogP) is 1.25. The molecular weight excluding hydrogens is 438 g/mol. The van der Waals surface area contributed by atoms with Gasteiger partial charge in [0.25, 0.3) is 5.91 Å². The number of methoxy groups -OCH3 is 1. The Balaban J connectivity index is 1.61. The number of imidazole rings is 1. The van der Waals surface area contributed by atoms with Crippen LogP contribution in [-0.4, -0.2) is 62.5 Å². The van der Waals surface area contributed by atoms with E-state index in [2.05, 4.69) is 32.1 Å². The van der Waals surface area contributed by atoms with Crippen molar-refractivity contribution in [1.29, 1.82) is 0 Å². The van der Waals surface area contributed by atoms with Gasteiger partial charge in [-0.15, -0.1) is 0 Å². The van der Waals surface area contributed by atoms with Crippen LogP contribution < -0.4 is 15.4 Å². The van der Waals surface area contributed by atoms with Gasteiger partial charge in [-0.25, -0.2) is 19.7 Å². The minimum Gasteiger partial charge on any atom is -0.497 e. The van der Waals surface area contributed by atoms with Crippen molar-refractivity contribution in [2.45, 2.75) is 32.5 Å². The molecule has 1 aliphatic heterocycles.